The zero-order chi connectivity index (χ0) is 18.1. The first kappa shape index (κ1) is 18.4. The molecule has 1 aromatic heterocycles. The molecule has 6 heteroatoms. The van der Waals surface area contributed by atoms with Crippen molar-refractivity contribution in [3.63, 3.8) is 0 Å². The summed E-state index contributed by atoms with van der Waals surface area (Å²) < 4.78 is 11.1. The fraction of sp³-hybridized carbons (Fsp3) is 0.316. The van der Waals surface area contributed by atoms with Gasteiger partial charge >= 0.3 is 0 Å². The Bertz CT molecular complexity index is 715. The van der Waals surface area contributed by atoms with Crippen LogP contribution in [0.15, 0.2) is 47.8 Å². The molecule has 0 aliphatic heterocycles. The lowest BCUT2D eigenvalue weighted by Gasteiger charge is -2.12. The van der Waals surface area contributed by atoms with Crippen molar-refractivity contribution in [3.8, 4) is 11.5 Å². The minimum absolute atomic E-state index is 0.292. The third kappa shape index (κ3) is 5.91. The lowest BCUT2D eigenvalue weighted by molar-refractivity contribution is 0.0955. The number of pyridine rings is 1. The number of nitrogens with zero attached hydrogens (tertiary/aromatic N) is 2. The number of ether oxygens (including phenoxy) is 2. The van der Waals surface area contributed by atoms with Gasteiger partial charge < -0.3 is 9.47 Å². The van der Waals surface area contributed by atoms with E-state index < -0.39 is 0 Å². The van der Waals surface area contributed by atoms with Crippen molar-refractivity contribution in [1.82, 2.24) is 10.4 Å². The van der Waals surface area contributed by atoms with E-state index in [1.165, 1.54) is 0 Å². The van der Waals surface area contributed by atoms with Crippen LogP contribution in [0, 0.1) is 5.92 Å². The van der Waals surface area contributed by atoms with Gasteiger partial charge in [0.25, 0.3) is 5.91 Å². The number of hydrazone groups is 1. The van der Waals surface area contributed by atoms with Crippen molar-refractivity contribution in [2.45, 2.75) is 20.3 Å². The molecule has 0 fully saturated rings. The minimum atomic E-state index is -0.292. The van der Waals surface area contributed by atoms with Crippen LogP contribution in [0.3, 0.4) is 0 Å². The van der Waals surface area contributed by atoms with Crippen molar-refractivity contribution < 1.29 is 14.3 Å². The van der Waals surface area contributed by atoms with Crippen molar-refractivity contribution in [2.75, 3.05) is 13.7 Å². The predicted octanol–water partition coefficient (Wildman–Crippen LogP) is 3.28. The molecule has 1 aromatic carbocycles. The van der Waals surface area contributed by atoms with Crippen molar-refractivity contribution in [2.24, 2.45) is 11.0 Å². The summed E-state index contributed by atoms with van der Waals surface area (Å²) in [6.45, 7) is 4.95. The average molecular weight is 341 g/mol. The van der Waals surface area contributed by atoms with Gasteiger partial charge in [-0.3, -0.25) is 9.78 Å². The molecule has 0 bridgehead atoms. The highest BCUT2D eigenvalue weighted by Gasteiger charge is 2.06. The maximum atomic E-state index is 11.9. The Kier molecular flexibility index (Phi) is 6.95. The SMILES string of the molecule is COc1cc(/C=N/NC(=O)c2ccncc2)ccc1OCCC(C)C. The maximum Gasteiger partial charge on any atom is 0.271 e. The summed E-state index contributed by atoms with van der Waals surface area (Å²) in [4.78, 5) is 15.8. The second-order valence-corrected chi connectivity index (χ2v) is 5.88. The first-order valence-corrected chi connectivity index (χ1v) is 8.14. The molecule has 1 amide bonds. The van der Waals surface area contributed by atoms with E-state index in [1.54, 1.807) is 37.9 Å². The number of carbonyl (C=O) groups excluding carboxylic acids is 1. The van der Waals surface area contributed by atoms with E-state index in [0.717, 1.165) is 12.0 Å². The Morgan fingerprint density at radius 1 is 1.24 bits per heavy atom. The van der Waals surface area contributed by atoms with Gasteiger partial charge in [0, 0.05) is 18.0 Å². The smallest absolute Gasteiger partial charge is 0.271 e. The van der Waals surface area contributed by atoms with Gasteiger partial charge in [-0.1, -0.05) is 13.8 Å². The van der Waals surface area contributed by atoms with Crippen molar-refractivity contribution in [3.05, 3.63) is 53.9 Å². The second kappa shape index (κ2) is 9.42. The van der Waals surface area contributed by atoms with Crippen molar-refractivity contribution >= 4 is 12.1 Å². The van der Waals surface area contributed by atoms with E-state index in [0.29, 0.717) is 29.6 Å². The van der Waals surface area contributed by atoms with Crippen LogP contribution in [0.25, 0.3) is 0 Å². The van der Waals surface area contributed by atoms with Gasteiger partial charge in [-0.25, -0.2) is 5.43 Å². The van der Waals surface area contributed by atoms with Crippen LogP contribution in [-0.2, 0) is 0 Å². The molecule has 0 saturated heterocycles. The van der Waals surface area contributed by atoms with Crippen LogP contribution >= 0.6 is 0 Å². The Balaban J connectivity index is 1.96. The molecule has 2 aromatic rings. The molecule has 0 spiro atoms. The van der Waals surface area contributed by atoms with Gasteiger partial charge in [-0.05, 0) is 48.2 Å². The van der Waals surface area contributed by atoms with Crippen LogP contribution in [0.4, 0.5) is 0 Å². The van der Waals surface area contributed by atoms with Gasteiger partial charge in [0.2, 0.25) is 0 Å². The maximum absolute atomic E-state index is 11.9. The first-order valence-electron chi connectivity index (χ1n) is 8.14. The molecule has 0 unspecified atom stereocenters. The van der Waals surface area contributed by atoms with Crippen LogP contribution in [-0.4, -0.2) is 30.8 Å². The van der Waals surface area contributed by atoms with Gasteiger partial charge in [0.15, 0.2) is 11.5 Å². The van der Waals surface area contributed by atoms with Gasteiger partial charge in [0.05, 0.1) is 19.9 Å². The fourth-order valence-corrected chi connectivity index (χ4v) is 2.02. The highest BCUT2D eigenvalue weighted by molar-refractivity contribution is 5.94. The fourth-order valence-electron chi connectivity index (χ4n) is 2.02. The van der Waals surface area contributed by atoms with E-state index in [-0.39, 0.29) is 5.91 Å². The number of benzene rings is 1. The van der Waals surface area contributed by atoms with E-state index in [9.17, 15) is 4.79 Å². The zero-order valence-corrected chi connectivity index (χ0v) is 14.7. The molecule has 25 heavy (non-hydrogen) atoms. The highest BCUT2D eigenvalue weighted by Crippen LogP contribution is 2.27. The Morgan fingerprint density at radius 3 is 2.68 bits per heavy atom. The Morgan fingerprint density at radius 2 is 2.00 bits per heavy atom. The molecule has 0 saturated carbocycles. The Labute approximate surface area is 147 Å². The molecule has 6 nitrogen and oxygen atoms in total. The summed E-state index contributed by atoms with van der Waals surface area (Å²) in [6, 6.07) is 8.75. The molecule has 1 heterocycles. The van der Waals surface area contributed by atoms with Crippen LogP contribution in [0.1, 0.15) is 36.2 Å². The van der Waals surface area contributed by atoms with Gasteiger partial charge in [-0.15, -0.1) is 0 Å². The summed E-state index contributed by atoms with van der Waals surface area (Å²) >= 11 is 0. The molecular formula is C19H23N3O3. The van der Waals surface area contributed by atoms with Gasteiger partial charge in [0.1, 0.15) is 0 Å². The summed E-state index contributed by atoms with van der Waals surface area (Å²) in [6.07, 6.45) is 5.65. The topological polar surface area (TPSA) is 72.8 Å². The number of methoxy groups -OCH3 is 1. The van der Waals surface area contributed by atoms with Crippen LogP contribution in [0.5, 0.6) is 11.5 Å². The first-order chi connectivity index (χ1) is 12.1. The van der Waals surface area contributed by atoms with E-state index in [1.807, 2.05) is 18.2 Å². The normalized spacial score (nSPS) is 10.9. The number of nitrogens with one attached hydrogen (secondary N) is 1. The number of hydrogen-bond donors (Lipinski definition) is 1. The van der Waals surface area contributed by atoms with Gasteiger partial charge in [-0.2, -0.15) is 5.10 Å². The molecule has 0 aliphatic rings. The molecular weight excluding hydrogens is 318 g/mol. The lowest BCUT2D eigenvalue weighted by atomic mass is 10.1. The number of aromatic nitrogens is 1. The summed E-state index contributed by atoms with van der Waals surface area (Å²) in [7, 11) is 1.59. The standard InChI is InChI=1S/C19H23N3O3/c1-14(2)8-11-25-17-5-4-15(12-18(17)24-3)13-21-22-19(23)16-6-9-20-10-7-16/h4-7,9-10,12-14H,8,11H2,1-3H3,(H,22,23)/b21-13+. The highest BCUT2D eigenvalue weighted by atomic mass is 16.5. The number of amides is 1. The van der Waals surface area contributed by atoms with Crippen molar-refractivity contribution in [1.29, 1.82) is 0 Å². The molecule has 2 rings (SSSR count). The Hall–Kier alpha value is -2.89. The monoisotopic (exact) mass is 341 g/mol. The zero-order valence-electron chi connectivity index (χ0n) is 14.7. The average Bonchev–Trinajstić information content (AvgIpc) is 2.63. The second-order valence-electron chi connectivity index (χ2n) is 5.88. The number of carbonyl (C=O) groups is 1. The molecule has 1 N–H and O–H groups in total. The molecule has 0 aliphatic carbocycles. The summed E-state index contributed by atoms with van der Waals surface area (Å²) in [5.41, 5.74) is 3.77. The summed E-state index contributed by atoms with van der Waals surface area (Å²) in [5.74, 6) is 1.62. The summed E-state index contributed by atoms with van der Waals surface area (Å²) in [5, 5.41) is 3.97. The molecule has 132 valence electrons. The van der Waals surface area contributed by atoms with Crippen LogP contribution < -0.4 is 14.9 Å². The third-order valence-corrected chi connectivity index (χ3v) is 3.46. The van der Waals surface area contributed by atoms with Crippen LogP contribution in [0.2, 0.25) is 0 Å². The minimum Gasteiger partial charge on any atom is -0.493 e. The number of hydrogen-bond acceptors (Lipinski definition) is 5. The van der Waals surface area contributed by atoms with E-state index in [4.69, 9.17) is 9.47 Å². The third-order valence-electron chi connectivity index (χ3n) is 3.46. The molecule has 0 radical (unpaired) electrons. The lowest BCUT2D eigenvalue weighted by Crippen LogP contribution is -2.17. The quantitative estimate of drug-likeness (QED) is 0.591. The number of rotatable bonds is 8. The van der Waals surface area contributed by atoms with E-state index in [2.05, 4.69) is 29.4 Å². The predicted molar refractivity (Wildman–Crippen MR) is 97.2 cm³/mol. The molecule has 0 atom stereocenters. The largest absolute Gasteiger partial charge is 0.493 e. The van der Waals surface area contributed by atoms with E-state index >= 15 is 0 Å².